The van der Waals surface area contributed by atoms with Gasteiger partial charge in [-0.2, -0.15) is 5.10 Å². The second-order valence-corrected chi connectivity index (χ2v) is 5.46. The fraction of sp³-hybridized carbons (Fsp3) is 0.353. The van der Waals surface area contributed by atoms with Crippen molar-refractivity contribution in [1.29, 1.82) is 0 Å². The van der Waals surface area contributed by atoms with Gasteiger partial charge in [0.15, 0.2) is 0 Å². The molecule has 0 spiro atoms. The fourth-order valence-electron chi connectivity index (χ4n) is 2.21. The number of urea groups is 1. The van der Waals surface area contributed by atoms with Gasteiger partial charge in [0.1, 0.15) is 0 Å². The number of carbonyl (C=O) groups is 2. The van der Waals surface area contributed by atoms with Crippen LogP contribution >= 0.6 is 0 Å². The molecule has 3 N–H and O–H groups in total. The Kier molecular flexibility index (Phi) is 6.36. The molecule has 2 aromatic rings. The van der Waals surface area contributed by atoms with Gasteiger partial charge in [0, 0.05) is 18.3 Å². The summed E-state index contributed by atoms with van der Waals surface area (Å²) in [6.07, 6.45) is 3.64. The number of aromatic nitrogens is 2. The molecule has 24 heavy (non-hydrogen) atoms. The smallest absolute Gasteiger partial charge is 0.315 e. The number of nitrogens with one attached hydrogen (secondary N) is 3. The number of likely N-dealkylation sites (N-methyl/N-ethyl adjacent to an activating group) is 1. The first-order valence-electron chi connectivity index (χ1n) is 7.95. The highest BCUT2D eigenvalue weighted by atomic mass is 16.2. The maximum atomic E-state index is 11.8. The molecule has 0 fully saturated rings. The van der Waals surface area contributed by atoms with E-state index < -0.39 is 0 Å². The van der Waals surface area contributed by atoms with E-state index in [1.54, 1.807) is 6.20 Å². The Bertz CT molecular complexity index is 669. The summed E-state index contributed by atoms with van der Waals surface area (Å²) < 4.78 is 1.83. The Morgan fingerprint density at radius 1 is 1.21 bits per heavy atom. The molecule has 0 unspecified atom stereocenters. The van der Waals surface area contributed by atoms with Gasteiger partial charge in [-0.3, -0.25) is 9.48 Å². The minimum Gasteiger partial charge on any atom is -0.355 e. The first-order valence-corrected chi connectivity index (χ1v) is 7.95. The average Bonchev–Trinajstić information content (AvgIpc) is 3.03. The number of carbonyl (C=O) groups excluding carboxylic acids is 2. The van der Waals surface area contributed by atoms with Crippen molar-refractivity contribution in [3.05, 3.63) is 53.9 Å². The van der Waals surface area contributed by atoms with Gasteiger partial charge in [-0.15, -0.1) is 0 Å². The Labute approximate surface area is 141 Å². The maximum Gasteiger partial charge on any atom is 0.315 e. The molecule has 1 atom stereocenters. The van der Waals surface area contributed by atoms with Crippen molar-refractivity contribution in [2.45, 2.75) is 26.4 Å². The van der Waals surface area contributed by atoms with E-state index in [4.69, 9.17) is 0 Å². The van der Waals surface area contributed by atoms with E-state index in [1.165, 1.54) is 0 Å². The summed E-state index contributed by atoms with van der Waals surface area (Å²) in [4.78, 5) is 23.1. The lowest BCUT2D eigenvalue weighted by Crippen LogP contribution is -2.42. The van der Waals surface area contributed by atoms with Crippen molar-refractivity contribution in [2.24, 2.45) is 0 Å². The molecule has 1 aromatic carbocycles. The number of rotatable bonds is 7. The van der Waals surface area contributed by atoms with Crippen molar-refractivity contribution < 1.29 is 9.59 Å². The lowest BCUT2D eigenvalue weighted by Gasteiger charge is -2.13. The summed E-state index contributed by atoms with van der Waals surface area (Å²) in [5.41, 5.74) is 2.06. The largest absolute Gasteiger partial charge is 0.355 e. The summed E-state index contributed by atoms with van der Waals surface area (Å²) in [6.45, 7) is 4.87. The molecule has 0 saturated heterocycles. The molecular weight excluding hydrogens is 306 g/mol. The summed E-state index contributed by atoms with van der Waals surface area (Å²) in [6, 6.07) is 9.44. The van der Waals surface area contributed by atoms with E-state index >= 15 is 0 Å². The number of hydrogen-bond acceptors (Lipinski definition) is 3. The number of hydrogen-bond donors (Lipinski definition) is 3. The third kappa shape index (κ3) is 5.42. The molecule has 0 saturated carbocycles. The zero-order valence-corrected chi connectivity index (χ0v) is 14.0. The first-order chi connectivity index (χ1) is 11.6. The minimum atomic E-state index is -0.385. The summed E-state index contributed by atoms with van der Waals surface area (Å²) in [5, 5.41) is 12.2. The molecule has 1 aromatic heterocycles. The summed E-state index contributed by atoms with van der Waals surface area (Å²) >= 11 is 0. The predicted molar refractivity (Wildman–Crippen MR) is 91.4 cm³/mol. The Morgan fingerprint density at radius 2 is 1.96 bits per heavy atom. The highest BCUT2D eigenvalue weighted by Gasteiger charge is 2.12. The monoisotopic (exact) mass is 329 g/mol. The van der Waals surface area contributed by atoms with Crippen LogP contribution < -0.4 is 16.0 Å². The van der Waals surface area contributed by atoms with E-state index in [0.717, 1.165) is 11.1 Å². The summed E-state index contributed by atoms with van der Waals surface area (Å²) in [7, 11) is 0. The zero-order chi connectivity index (χ0) is 17.4. The van der Waals surface area contributed by atoms with E-state index in [2.05, 4.69) is 21.0 Å². The Morgan fingerprint density at radius 3 is 2.67 bits per heavy atom. The molecule has 3 amide bonds. The highest BCUT2D eigenvalue weighted by molar-refractivity contribution is 5.83. The van der Waals surface area contributed by atoms with E-state index in [0.29, 0.717) is 13.1 Å². The number of nitrogens with zero attached hydrogens (tertiary/aromatic N) is 2. The number of benzene rings is 1. The van der Waals surface area contributed by atoms with Crippen molar-refractivity contribution in [2.75, 3.05) is 13.1 Å². The second kappa shape index (κ2) is 8.71. The molecule has 128 valence electrons. The zero-order valence-electron chi connectivity index (χ0n) is 14.0. The van der Waals surface area contributed by atoms with E-state index in [9.17, 15) is 9.59 Å². The normalized spacial score (nSPS) is 11.6. The van der Waals surface area contributed by atoms with Gasteiger partial charge in [0.25, 0.3) is 0 Å². The third-order valence-electron chi connectivity index (χ3n) is 3.47. The first kappa shape index (κ1) is 17.5. The van der Waals surface area contributed by atoms with Gasteiger partial charge >= 0.3 is 6.03 Å². The summed E-state index contributed by atoms with van der Waals surface area (Å²) in [5.74, 6) is -0.212. The molecule has 0 bridgehead atoms. The molecule has 1 heterocycles. The van der Waals surface area contributed by atoms with Crippen LogP contribution in [-0.2, 0) is 11.3 Å². The van der Waals surface area contributed by atoms with Crippen molar-refractivity contribution >= 4 is 11.9 Å². The lowest BCUT2D eigenvalue weighted by molar-refractivity contribution is -0.119. The van der Waals surface area contributed by atoms with Gasteiger partial charge < -0.3 is 16.0 Å². The fourth-order valence-corrected chi connectivity index (χ4v) is 2.21. The molecule has 0 aliphatic rings. The third-order valence-corrected chi connectivity index (χ3v) is 3.47. The van der Waals surface area contributed by atoms with Crippen molar-refractivity contribution in [3.63, 3.8) is 0 Å². The van der Waals surface area contributed by atoms with E-state index in [-0.39, 0.29) is 24.5 Å². The quantitative estimate of drug-likeness (QED) is 0.718. The van der Waals surface area contributed by atoms with Crippen LogP contribution in [0.5, 0.6) is 0 Å². The molecule has 2 rings (SSSR count). The Hall–Kier alpha value is -2.83. The van der Waals surface area contributed by atoms with Gasteiger partial charge in [-0.1, -0.05) is 30.3 Å². The van der Waals surface area contributed by atoms with Crippen molar-refractivity contribution in [1.82, 2.24) is 25.7 Å². The van der Waals surface area contributed by atoms with Crippen LogP contribution in [0.3, 0.4) is 0 Å². The van der Waals surface area contributed by atoms with Crippen LogP contribution in [0.2, 0.25) is 0 Å². The van der Waals surface area contributed by atoms with Gasteiger partial charge in [0.2, 0.25) is 5.91 Å². The van der Waals surface area contributed by atoms with Crippen LogP contribution in [0.1, 0.15) is 31.0 Å². The molecule has 7 heteroatoms. The minimum absolute atomic E-state index is 0.0420. The van der Waals surface area contributed by atoms with Crippen molar-refractivity contribution in [3.8, 4) is 0 Å². The Balaban J connectivity index is 1.83. The topological polar surface area (TPSA) is 88.1 Å². The van der Waals surface area contributed by atoms with Crippen LogP contribution in [0.4, 0.5) is 4.79 Å². The van der Waals surface area contributed by atoms with Crippen LogP contribution in [-0.4, -0.2) is 34.8 Å². The predicted octanol–water partition coefficient (Wildman–Crippen LogP) is 1.43. The van der Waals surface area contributed by atoms with E-state index in [1.807, 2.05) is 55.1 Å². The SMILES string of the molecule is CCNC(=O)CNC(=O)N[C@@H](C)c1cnn(Cc2ccccc2)c1. The van der Waals surface area contributed by atoms with Crippen LogP contribution in [0, 0.1) is 0 Å². The average molecular weight is 329 g/mol. The van der Waals surface area contributed by atoms with Gasteiger partial charge in [-0.25, -0.2) is 4.79 Å². The second-order valence-electron chi connectivity index (χ2n) is 5.46. The molecule has 0 aliphatic heterocycles. The van der Waals surface area contributed by atoms with Gasteiger partial charge in [-0.05, 0) is 19.4 Å². The standard InChI is InChI=1S/C17H23N5O2/c1-3-18-16(23)10-19-17(24)21-13(2)15-9-20-22(12-15)11-14-7-5-4-6-8-14/h4-9,12-13H,3,10-11H2,1-2H3,(H,18,23)(H2,19,21,24)/t13-/m0/s1. The highest BCUT2D eigenvalue weighted by Crippen LogP contribution is 2.11. The molecule has 0 aliphatic carbocycles. The lowest BCUT2D eigenvalue weighted by atomic mass is 10.2. The van der Waals surface area contributed by atoms with Gasteiger partial charge in [0.05, 0.1) is 25.3 Å². The van der Waals surface area contributed by atoms with Crippen LogP contribution in [0.25, 0.3) is 0 Å². The maximum absolute atomic E-state index is 11.8. The molecular formula is C17H23N5O2. The van der Waals surface area contributed by atoms with Crippen LogP contribution in [0.15, 0.2) is 42.7 Å². The number of amides is 3. The molecule has 0 radical (unpaired) electrons. The molecule has 7 nitrogen and oxygen atoms in total.